The predicted molar refractivity (Wildman–Crippen MR) is 76.1 cm³/mol. The first-order chi connectivity index (χ1) is 9.34. The van der Waals surface area contributed by atoms with Crippen molar-refractivity contribution in [3.8, 4) is 0 Å². The molecule has 1 N–H and O–H groups in total. The average molecular weight is 260 g/mol. The Morgan fingerprint density at radius 1 is 0.947 bits per heavy atom. The molecular weight excluding hydrogens is 236 g/mol. The molecule has 1 aromatic carbocycles. The minimum Gasteiger partial charge on any atom is -0.393 e. The normalized spacial score (nSPS) is 33.2. The van der Waals surface area contributed by atoms with Crippen LogP contribution in [-0.2, 0) is 4.74 Å². The van der Waals surface area contributed by atoms with Gasteiger partial charge in [-0.2, -0.15) is 0 Å². The van der Waals surface area contributed by atoms with Crippen LogP contribution >= 0.6 is 0 Å². The summed E-state index contributed by atoms with van der Waals surface area (Å²) < 4.78 is 5.46. The number of aliphatic hydroxyl groups excluding tert-OH is 1. The molecule has 104 valence electrons. The van der Waals surface area contributed by atoms with Crippen molar-refractivity contribution in [1.29, 1.82) is 0 Å². The van der Waals surface area contributed by atoms with Crippen LogP contribution in [-0.4, -0.2) is 24.4 Å². The SMILES string of the molecule is OC1CCC(c2ccccc2)CC1C1CCOCC1. The van der Waals surface area contributed by atoms with E-state index in [0.717, 1.165) is 45.3 Å². The van der Waals surface area contributed by atoms with Gasteiger partial charge in [0, 0.05) is 13.2 Å². The van der Waals surface area contributed by atoms with Crippen LogP contribution in [0.5, 0.6) is 0 Å². The van der Waals surface area contributed by atoms with E-state index in [9.17, 15) is 5.11 Å². The Morgan fingerprint density at radius 3 is 2.42 bits per heavy atom. The van der Waals surface area contributed by atoms with Crippen molar-refractivity contribution in [2.45, 2.75) is 44.1 Å². The van der Waals surface area contributed by atoms with Gasteiger partial charge in [-0.1, -0.05) is 30.3 Å². The molecule has 3 unspecified atom stereocenters. The van der Waals surface area contributed by atoms with Crippen LogP contribution in [0.1, 0.15) is 43.6 Å². The van der Waals surface area contributed by atoms with Crippen molar-refractivity contribution < 1.29 is 9.84 Å². The minimum atomic E-state index is -0.0944. The van der Waals surface area contributed by atoms with Crippen LogP contribution in [0.15, 0.2) is 30.3 Å². The second kappa shape index (κ2) is 6.06. The molecule has 1 aliphatic carbocycles. The van der Waals surface area contributed by atoms with E-state index in [0.29, 0.717) is 17.8 Å². The summed E-state index contributed by atoms with van der Waals surface area (Å²) in [4.78, 5) is 0. The number of ether oxygens (including phenoxy) is 1. The number of hydrogen-bond donors (Lipinski definition) is 1. The van der Waals surface area contributed by atoms with Crippen LogP contribution in [0.2, 0.25) is 0 Å². The molecule has 2 aliphatic rings. The molecule has 19 heavy (non-hydrogen) atoms. The van der Waals surface area contributed by atoms with Gasteiger partial charge in [0.05, 0.1) is 6.10 Å². The summed E-state index contributed by atoms with van der Waals surface area (Å²) in [6, 6.07) is 10.8. The van der Waals surface area contributed by atoms with Gasteiger partial charge in [-0.05, 0) is 55.4 Å². The molecule has 0 aromatic heterocycles. The summed E-state index contributed by atoms with van der Waals surface area (Å²) in [5.74, 6) is 1.77. The molecular formula is C17H24O2. The van der Waals surface area contributed by atoms with Crippen molar-refractivity contribution in [2.24, 2.45) is 11.8 Å². The molecule has 2 fully saturated rings. The zero-order valence-electron chi connectivity index (χ0n) is 11.5. The van der Waals surface area contributed by atoms with Crippen LogP contribution in [0, 0.1) is 11.8 Å². The van der Waals surface area contributed by atoms with Gasteiger partial charge >= 0.3 is 0 Å². The van der Waals surface area contributed by atoms with Crippen molar-refractivity contribution in [1.82, 2.24) is 0 Å². The highest BCUT2D eigenvalue weighted by Gasteiger charge is 2.35. The molecule has 1 aliphatic heterocycles. The first-order valence-electron chi connectivity index (χ1n) is 7.65. The fraction of sp³-hybridized carbons (Fsp3) is 0.647. The molecule has 2 heteroatoms. The number of aliphatic hydroxyl groups is 1. The van der Waals surface area contributed by atoms with Gasteiger partial charge in [0.1, 0.15) is 0 Å². The molecule has 0 bridgehead atoms. The summed E-state index contributed by atoms with van der Waals surface area (Å²) in [7, 11) is 0. The maximum atomic E-state index is 10.3. The highest BCUT2D eigenvalue weighted by Crippen LogP contribution is 2.42. The van der Waals surface area contributed by atoms with Gasteiger partial charge in [-0.25, -0.2) is 0 Å². The van der Waals surface area contributed by atoms with Gasteiger partial charge in [-0.15, -0.1) is 0 Å². The first-order valence-corrected chi connectivity index (χ1v) is 7.65. The van der Waals surface area contributed by atoms with E-state index in [1.165, 1.54) is 5.56 Å². The summed E-state index contributed by atoms with van der Waals surface area (Å²) in [5.41, 5.74) is 1.45. The third kappa shape index (κ3) is 3.01. The molecule has 0 amide bonds. The molecule has 2 nitrogen and oxygen atoms in total. The lowest BCUT2D eigenvalue weighted by atomic mass is 9.69. The number of benzene rings is 1. The lowest BCUT2D eigenvalue weighted by molar-refractivity contribution is -0.0178. The summed E-state index contributed by atoms with van der Waals surface area (Å²) in [5, 5.41) is 10.3. The second-order valence-electron chi connectivity index (χ2n) is 6.10. The Balaban J connectivity index is 1.70. The Labute approximate surface area is 115 Å². The smallest absolute Gasteiger partial charge is 0.0571 e. The maximum Gasteiger partial charge on any atom is 0.0571 e. The monoisotopic (exact) mass is 260 g/mol. The molecule has 1 saturated carbocycles. The molecule has 3 atom stereocenters. The van der Waals surface area contributed by atoms with Crippen molar-refractivity contribution in [3.05, 3.63) is 35.9 Å². The largest absolute Gasteiger partial charge is 0.393 e. The zero-order valence-corrected chi connectivity index (χ0v) is 11.5. The fourth-order valence-corrected chi connectivity index (χ4v) is 3.87. The fourth-order valence-electron chi connectivity index (χ4n) is 3.87. The Bertz CT molecular complexity index is 384. The molecule has 1 heterocycles. The molecule has 1 saturated heterocycles. The van der Waals surface area contributed by atoms with Crippen LogP contribution < -0.4 is 0 Å². The van der Waals surface area contributed by atoms with Gasteiger partial charge in [-0.3, -0.25) is 0 Å². The van der Waals surface area contributed by atoms with Gasteiger partial charge in [0.15, 0.2) is 0 Å². The Kier molecular flexibility index (Phi) is 4.19. The Hall–Kier alpha value is -0.860. The van der Waals surface area contributed by atoms with Crippen LogP contribution in [0.3, 0.4) is 0 Å². The lowest BCUT2D eigenvalue weighted by Crippen LogP contribution is -2.36. The van der Waals surface area contributed by atoms with E-state index >= 15 is 0 Å². The number of rotatable bonds is 2. The minimum absolute atomic E-state index is 0.0944. The van der Waals surface area contributed by atoms with Gasteiger partial charge in [0.25, 0.3) is 0 Å². The average Bonchev–Trinajstić information content (AvgIpc) is 2.49. The highest BCUT2D eigenvalue weighted by atomic mass is 16.5. The second-order valence-corrected chi connectivity index (χ2v) is 6.10. The Morgan fingerprint density at radius 2 is 1.68 bits per heavy atom. The maximum absolute atomic E-state index is 10.3. The highest BCUT2D eigenvalue weighted by molar-refractivity contribution is 5.20. The van der Waals surface area contributed by atoms with Crippen molar-refractivity contribution >= 4 is 0 Å². The molecule has 3 rings (SSSR count). The van der Waals surface area contributed by atoms with Gasteiger partial charge < -0.3 is 9.84 Å². The van der Waals surface area contributed by atoms with E-state index in [2.05, 4.69) is 30.3 Å². The first kappa shape index (κ1) is 13.1. The third-order valence-electron chi connectivity index (χ3n) is 5.00. The van der Waals surface area contributed by atoms with Crippen molar-refractivity contribution in [2.75, 3.05) is 13.2 Å². The van der Waals surface area contributed by atoms with Crippen molar-refractivity contribution in [3.63, 3.8) is 0 Å². The van der Waals surface area contributed by atoms with E-state index in [1.54, 1.807) is 0 Å². The van der Waals surface area contributed by atoms with E-state index in [4.69, 9.17) is 4.74 Å². The van der Waals surface area contributed by atoms with Gasteiger partial charge in [0.2, 0.25) is 0 Å². The van der Waals surface area contributed by atoms with Crippen LogP contribution in [0.25, 0.3) is 0 Å². The standard InChI is InChI=1S/C17H24O2/c18-17-7-6-15(13-4-2-1-3-5-13)12-16(17)14-8-10-19-11-9-14/h1-5,14-18H,6-12H2. The van der Waals surface area contributed by atoms with E-state index in [-0.39, 0.29) is 6.10 Å². The molecule has 0 spiro atoms. The number of hydrogen-bond acceptors (Lipinski definition) is 2. The summed E-state index contributed by atoms with van der Waals surface area (Å²) in [6.07, 6.45) is 5.40. The lowest BCUT2D eigenvalue weighted by Gasteiger charge is -2.39. The molecule has 1 aromatic rings. The molecule has 0 radical (unpaired) electrons. The predicted octanol–water partition coefficient (Wildman–Crippen LogP) is 3.36. The zero-order chi connectivity index (χ0) is 13.1. The third-order valence-corrected chi connectivity index (χ3v) is 5.00. The van der Waals surface area contributed by atoms with Crippen LogP contribution in [0.4, 0.5) is 0 Å². The van der Waals surface area contributed by atoms with E-state index < -0.39 is 0 Å². The summed E-state index contributed by atoms with van der Waals surface area (Å²) in [6.45, 7) is 1.76. The topological polar surface area (TPSA) is 29.5 Å². The van der Waals surface area contributed by atoms with E-state index in [1.807, 2.05) is 0 Å². The summed E-state index contributed by atoms with van der Waals surface area (Å²) >= 11 is 0. The quantitative estimate of drug-likeness (QED) is 0.883.